The Kier molecular flexibility index (Phi) is 11.2. The van der Waals surface area contributed by atoms with Gasteiger partial charge in [0.15, 0.2) is 0 Å². The van der Waals surface area contributed by atoms with E-state index >= 15 is 0 Å². The number of ether oxygens (including phenoxy) is 2. The molecule has 50 heavy (non-hydrogen) atoms. The van der Waals surface area contributed by atoms with Crippen LogP contribution in [0, 0.1) is 35.8 Å². The number of allylic oxidation sites excluding steroid dienone is 12. The van der Waals surface area contributed by atoms with E-state index in [1.807, 2.05) is 80.6 Å². The third-order valence-corrected chi connectivity index (χ3v) is 8.50. The van der Waals surface area contributed by atoms with Gasteiger partial charge in [-0.2, -0.15) is 0 Å². The molecule has 4 heterocycles. The van der Waals surface area contributed by atoms with Gasteiger partial charge in [0.05, 0.1) is 25.3 Å². The maximum atomic E-state index is 9.11. The first-order valence-corrected chi connectivity index (χ1v) is 16.4. The molecule has 4 aliphatic rings. The first kappa shape index (κ1) is 34.8. The van der Waals surface area contributed by atoms with Crippen LogP contribution in [0.25, 0.3) is 21.8 Å². The van der Waals surface area contributed by atoms with Crippen LogP contribution in [0.2, 0.25) is 0 Å². The van der Waals surface area contributed by atoms with Crippen LogP contribution in [0.1, 0.15) is 48.9 Å². The molecule has 0 aliphatic carbocycles. The summed E-state index contributed by atoms with van der Waals surface area (Å²) in [6.45, 7) is 20.2. The van der Waals surface area contributed by atoms with Crippen molar-refractivity contribution in [3.8, 4) is 12.1 Å². The Bertz CT molecular complexity index is 2030. The van der Waals surface area contributed by atoms with Gasteiger partial charge in [0, 0.05) is 38.6 Å². The molecular weight excluding hydrogens is 621 g/mol. The highest BCUT2D eigenvalue weighted by molar-refractivity contribution is 5.68. The van der Waals surface area contributed by atoms with Gasteiger partial charge in [0.25, 0.3) is 11.4 Å². The Morgan fingerprint density at radius 1 is 0.740 bits per heavy atom. The summed E-state index contributed by atoms with van der Waals surface area (Å²) >= 11 is 0. The number of nitrogens with zero attached hydrogens (tertiary/aromatic N) is 6. The quantitative estimate of drug-likeness (QED) is 0.235. The van der Waals surface area contributed by atoms with E-state index in [2.05, 4.69) is 32.8 Å². The van der Waals surface area contributed by atoms with Gasteiger partial charge >= 0.3 is 0 Å². The van der Waals surface area contributed by atoms with Crippen molar-refractivity contribution < 1.29 is 9.47 Å². The van der Waals surface area contributed by atoms with Crippen LogP contribution in [0.3, 0.4) is 0 Å². The molecular formula is C42H38N6O2. The van der Waals surface area contributed by atoms with Gasteiger partial charge in [0.1, 0.15) is 23.0 Å². The zero-order valence-electron chi connectivity index (χ0n) is 28.8. The fourth-order valence-electron chi connectivity index (χ4n) is 6.23. The molecule has 4 aliphatic heterocycles. The van der Waals surface area contributed by atoms with E-state index in [0.29, 0.717) is 34.2 Å². The molecule has 8 heteroatoms. The molecule has 0 atom stereocenters. The topological polar surface area (TPSA) is 81.2 Å². The van der Waals surface area contributed by atoms with Gasteiger partial charge in [0.2, 0.25) is 0 Å². The second-order valence-electron chi connectivity index (χ2n) is 12.4. The lowest BCUT2D eigenvalue weighted by molar-refractivity contribution is 0.318. The number of nitriles is 2. The minimum absolute atomic E-state index is 0.0638. The Labute approximate surface area is 295 Å². The van der Waals surface area contributed by atoms with Crippen molar-refractivity contribution in [1.29, 1.82) is 10.5 Å². The maximum absolute atomic E-state index is 9.11. The molecule has 0 amide bonds. The number of aryl methyl sites for hydroxylation is 2. The zero-order chi connectivity index (χ0) is 35.6. The number of hydrogen-bond donors (Lipinski definition) is 0. The summed E-state index contributed by atoms with van der Waals surface area (Å²) in [4.78, 5) is 11.1. The standard InChI is InChI=1S/C23H21N3O.C19H17N3O/c1-16-11-20(22(15-24)25-2)14-21(27-16)8-7-17-12-18-5-3-9-26-10-4-6-19(13-17)23(18)26;1-14-11-16(19(13-20)21-2)12-18(23-14)10-7-15-5-8-17(9-6-15)22(3)4/h7-8,11-14H,3-6,9-10H2,1H3;5-12H,1,3-4H3/b8-7+,22-20-;10-7+,19-16-. The molecule has 248 valence electrons. The summed E-state index contributed by atoms with van der Waals surface area (Å²) in [6, 6.07) is 16.6. The molecule has 0 radical (unpaired) electrons. The SMILES string of the molecule is [C-]#[N+]/C(C#N)=C1/C=C(C)OC(/C=C/c2cc3c4c(c2)CCCN4CCC3)=C1.[C-]#[N+]/C(C#N)=C1/C=C(C)OC(/C=C/c2ccc(N(C)C)cc2)=C1. The number of benzene rings is 2. The summed E-state index contributed by atoms with van der Waals surface area (Å²) in [6.07, 6.45) is 19.4. The predicted molar refractivity (Wildman–Crippen MR) is 198 cm³/mol. The van der Waals surface area contributed by atoms with Crippen molar-refractivity contribution in [3.05, 3.63) is 164 Å². The largest absolute Gasteiger partial charge is 0.462 e. The summed E-state index contributed by atoms with van der Waals surface area (Å²) in [5.74, 6) is 2.59. The molecule has 0 unspecified atom stereocenters. The third kappa shape index (κ3) is 8.51. The molecule has 0 saturated heterocycles. The average molecular weight is 659 g/mol. The van der Waals surface area contributed by atoms with Gasteiger partial charge in [-0.3, -0.25) is 0 Å². The average Bonchev–Trinajstić information content (AvgIpc) is 3.11. The van der Waals surface area contributed by atoms with Gasteiger partial charge in [-0.05, 0) is 134 Å². The van der Waals surface area contributed by atoms with Crippen molar-refractivity contribution in [2.24, 2.45) is 0 Å². The van der Waals surface area contributed by atoms with E-state index in [1.165, 1.54) is 48.3 Å². The van der Waals surface area contributed by atoms with Crippen LogP contribution >= 0.6 is 0 Å². The monoisotopic (exact) mass is 658 g/mol. The second kappa shape index (κ2) is 16.1. The minimum atomic E-state index is 0.0638. The van der Waals surface area contributed by atoms with E-state index in [4.69, 9.17) is 33.1 Å². The molecule has 2 aromatic carbocycles. The first-order chi connectivity index (χ1) is 24.2. The number of anilines is 2. The van der Waals surface area contributed by atoms with Crippen molar-refractivity contribution in [2.45, 2.75) is 39.5 Å². The molecule has 0 aromatic heterocycles. The molecule has 0 fully saturated rings. The van der Waals surface area contributed by atoms with Crippen LogP contribution < -0.4 is 9.80 Å². The zero-order valence-corrected chi connectivity index (χ0v) is 28.8. The Balaban J connectivity index is 0.000000197. The van der Waals surface area contributed by atoms with Crippen molar-refractivity contribution >= 4 is 23.5 Å². The van der Waals surface area contributed by atoms with E-state index in [-0.39, 0.29) is 11.4 Å². The number of hydrogen-bond acceptors (Lipinski definition) is 6. The summed E-state index contributed by atoms with van der Waals surface area (Å²) in [5, 5.41) is 18.1. The van der Waals surface area contributed by atoms with Crippen molar-refractivity contribution in [2.75, 3.05) is 37.0 Å². The molecule has 0 saturated carbocycles. The lowest BCUT2D eigenvalue weighted by atomic mass is 9.90. The lowest BCUT2D eigenvalue weighted by Gasteiger charge is -2.37. The maximum Gasteiger partial charge on any atom is 0.269 e. The van der Waals surface area contributed by atoms with E-state index in [9.17, 15) is 0 Å². The van der Waals surface area contributed by atoms with Crippen LogP contribution in [0.4, 0.5) is 11.4 Å². The second-order valence-corrected chi connectivity index (χ2v) is 12.4. The molecule has 2 aromatic rings. The van der Waals surface area contributed by atoms with Crippen molar-refractivity contribution in [1.82, 2.24) is 0 Å². The van der Waals surface area contributed by atoms with E-state index in [1.54, 1.807) is 31.2 Å². The highest BCUT2D eigenvalue weighted by Gasteiger charge is 2.24. The normalized spacial score (nSPS) is 18.1. The van der Waals surface area contributed by atoms with Gasteiger partial charge in [-0.25, -0.2) is 20.2 Å². The van der Waals surface area contributed by atoms with Gasteiger partial charge in [-0.1, -0.05) is 24.3 Å². The van der Waals surface area contributed by atoms with E-state index < -0.39 is 0 Å². The third-order valence-electron chi connectivity index (χ3n) is 8.50. The molecule has 0 bridgehead atoms. The summed E-state index contributed by atoms with van der Waals surface area (Å²) < 4.78 is 11.4. The molecule has 0 spiro atoms. The first-order valence-electron chi connectivity index (χ1n) is 16.4. The van der Waals surface area contributed by atoms with Crippen LogP contribution in [0.5, 0.6) is 0 Å². The van der Waals surface area contributed by atoms with Gasteiger partial charge < -0.3 is 19.3 Å². The molecule has 0 N–H and O–H groups in total. The van der Waals surface area contributed by atoms with Crippen LogP contribution in [-0.4, -0.2) is 27.2 Å². The highest BCUT2D eigenvalue weighted by atomic mass is 16.5. The Morgan fingerprint density at radius 3 is 1.66 bits per heavy atom. The fraction of sp³-hybridized carbons (Fsp3) is 0.238. The van der Waals surface area contributed by atoms with Gasteiger partial charge in [-0.15, -0.1) is 0 Å². The highest BCUT2D eigenvalue weighted by Crippen LogP contribution is 2.36. The lowest BCUT2D eigenvalue weighted by Crippen LogP contribution is -2.34. The fourth-order valence-corrected chi connectivity index (χ4v) is 6.23. The summed E-state index contributed by atoms with van der Waals surface area (Å²) in [5.41, 5.74) is 9.06. The smallest absolute Gasteiger partial charge is 0.269 e. The molecule has 6 rings (SSSR count). The Morgan fingerprint density at radius 2 is 1.22 bits per heavy atom. The Hall–Kier alpha value is -6.48. The minimum Gasteiger partial charge on any atom is -0.462 e. The van der Waals surface area contributed by atoms with Crippen LogP contribution in [-0.2, 0) is 22.3 Å². The number of rotatable bonds is 5. The molecule has 8 nitrogen and oxygen atoms in total. The van der Waals surface area contributed by atoms with E-state index in [0.717, 1.165) is 24.1 Å². The van der Waals surface area contributed by atoms with Crippen molar-refractivity contribution in [3.63, 3.8) is 0 Å². The van der Waals surface area contributed by atoms with Crippen LogP contribution in [0.15, 0.2) is 118 Å². The summed E-state index contributed by atoms with van der Waals surface area (Å²) in [7, 11) is 4.00. The predicted octanol–water partition coefficient (Wildman–Crippen LogP) is 9.19.